The first kappa shape index (κ1) is 15.6. The second-order valence-electron chi connectivity index (χ2n) is 6.28. The highest BCUT2D eigenvalue weighted by atomic mass is 35.5. The number of amides is 1. The molecule has 0 aromatic carbocycles. The molecule has 7 heteroatoms. The molecule has 0 unspecified atom stereocenters. The summed E-state index contributed by atoms with van der Waals surface area (Å²) in [5, 5.41) is 3.31. The number of anilines is 1. The van der Waals surface area contributed by atoms with Gasteiger partial charge in [0.25, 0.3) is 5.91 Å². The third-order valence-electron chi connectivity index (χ3n) is 4.52. The molecule has 2 bridgehead atoms. The number of benzene rings is 1. The van der Waals surface area contributed by atoms with Gasteiger partial charge in [-0.1, -0.05) is 23.2 Å². The van der Waals surface area contributed by atoms with E-state index in [-0.39, 0.29) is 16.1 Å². The lowest BCUT2D eigenvalue weighted by molar-refractivity contribution is 0.102. The van der Waals surface area contributed by atoms with Crippen molar-refractivity contribution in [2.45, 2.75) is 13.3 Å². The summed E-state index contributed by atoms with van der Waals surface area (Å²) in [7, 11) is 0. The zero-order valence-corrected chi connectivity index (χ0v) is 15.1. The molecule has 5 rings (SSSR count). The maximum absolute atomic E-state index is 13.0. The Morgan fingerprint density at radius 1 is 1.19 bits per heavy atom. The Bertz CT molecular complexity index is 1200. The first-order chi connectivity index (χ1) is 12.5. The number of hydrogen-bond donors (Lipinski definition) is 1. The van der Waals surface area contributed by atoms with Crippen LogP contribution >= 0.6 is 23.2 Å². The van der Waals surface area contributed by atoms with E-state index in [1.807, 2.05) is 19.1 Å². The Hall–Kier alpha value is -2.63. The van der Waals surface area contributed by atoms with Crippen LogP contribution in [-0.2, 0) is 6.42 Å². The van der Waals surface area contributed by atoms with Gasteiger partial charge in [0, 0.05) is 35.0 Å². The smallest absolute Gasteiger partial charge is 0.260 e. The lowest BCUT2D eigenvalue weighted by Crippen LogP contribution is -2.13. The summed E-state index contributed by atoms with van der Waals surface area (Å²) in [4.78, 5) is 21.2. The topological polar surface area (TPSA) is 68.0 Å². The standard InChI is InChI=1S/C19H11Cl2N3O2/c1-8-4-9(2-3-22-8)14-15(17-12-6-11(12)16(14)26-17)19(25)24-10-5-13(20)18(21)23-7-10/h2-5,7H,6H2,1H3,(H,24,25). The second kappa shape index (κ2) is 5.43. The number of hydrogen-bond acceptors (Lipinski definition) is 4. The van der Waals surface area contributed by atoms with E-state index in [2.05, 4.69) is 15.3 Å². The van der Waals surface area contributed by atoms with Crippen LogP contribution in [0.2, 0.25) is 10.2 Å². The molecular formula is C19H11Cl2N3O2. The van der Waals surface area contributed by atoms with Gasteiger partial charge in [0.2, 0.25) is 0 Å². The minimum absolute atomic E-state index is 0.192. The van der Waals surface area contributed by atoms with Crippen LogP contribution in [0.3, 0.4) is 0 Å². The zero-order valence-electron chi connectivity index (χ0n) is 13.6. The first-order valence-corrected chi connectivity index (χ1v) is 8.73. The molecule has 1 aliphatic rings. The van der Waals surface area contributed by atoms with Gasteiger partial charge in [-0.2, -0.15) is 0 Å². The number of nitrogens with zero attached hydrogens (tertiary/aromatic N) is 2. The van der Waals surface area contributed by atoms with Crippen molar-refractivity contribution in [3.63, 3.8) is 0 Å². The average molecular weight is 384 g/mol. The Balaban J connectivity index is 1.60. The van der Waals surface area contributed by atoms with Crippen molar-refractivity contribution in [2.75, 3.05) is 5.32 Å². The normalized spacial score (nSPS) is 12.4. The molecule has 26 heavy (non-hydrogen) atoms. The number of aromatic nitrogens is 2. The third kappa shape index (κ3) is 2.28. The Morgan fingerprint density at radius 2 is 2.00 bits per heavy atom. The van der Waals surface area contributed by atoms with E-state index < -0.39 is 0 Å². The molecule has 0 radical (unpaired) electrons. The van der Waals surface area contributed by atoms with Crippen molar-refractivity contribution in [1.82, 2.24) is 9.97 Å². The van der Waals surface area contributed by atoms with Gasteiger partial charge < -0.3 is 9.73 Å². The summed E-state index contributed by atoms with van der Waals surface area (Å²) in [5.41, 5.74) is 7.37. The molecule has 0 fully saturated rings. The van der Waals surface area contributed by atoms with E-state index in [9.17, 15) is 4.79 Å². The van der Waals surface area contributed by atoms with Crippen LogP contribution in [0.25, 0.3) is 22.3 Å². The molecule has 128 valence electrons. The molecule has 0 saturated heterocycles. The molecule has 1 aliphatic carbocycles. The van der Waals surface area contributed by atoms with Gasteiger partial charge in [-0.25, -0.2) is 4.98 Å². The van der Waals surface area contributed by atoms with Gasteiger partial charge in [-0.05, 0) is 30.7 Å². The molecule has 4 aromatic heterocycles. The maximum Gasteiger partial charge on any atom is 0.260 e. The van der Waals surface area contributed by atoms with E-state index in [4.69, 9.17) is 27.6 Å². The van der Waals surface area contributed by atoms with E-state index >= 15 is 0 Å². The van der Waals surface area contributed by atoms with E-state index in [1.165, 1.54) is 11.8 Å². The first-order valence-electron chi connectivity index (χ1n) is 7.98. The number of fused-ring (bicyclic) bond motifs is 5. The van der Waals surface area contributed by atoms with Crippen LogP contribution in [0.4, 0.5) is 5.69 Å². The van der Waals surface area contributed by atoms with Gasteiger partial charge in [0.15, 0.2) is 0 Å². The summed E-state index contributed by atoms with van der Waals surface area (Å²) in [6, 6.07) is 5.40. The fraction of sp³-hybridized carbons (Fsp3) is 0.105. The minimum Gasteiger partial charge on any atom is -0.455 e. The van der Waals surface area contributed by atoms with Crippen molar-refractivity contribution in [3.05, 3.63) is 63.2 Å². The lowest BCUT2D eigenvalue weighted by Gasteiger charge is -2.08. The van der Waals surface area contributed by atoms with Gasteiger partial charge in [0.05, 0.1) is 22.5 Å². The number of aryl methyl sites for hydroxylation is 1. The van der Waals surface area contributed by atoms with Crippen molar-refractivity contribution in [1.29, 1.82) is 0 Å². The largest absolute Gasteiger partial charge is 0.455 e. The molecule has 5 nitrogen and oxygen atoms in total. The number of furan rings is 2. The van der Waals surface area contributed by atoms with Gasteiger partial charge in [-0.15, -0.1) is 0 Å². The fourth-order valence-electron chi connectivity index (χ4n) is 3.30. The van der Waals surface area contributed by atoms with E-state index in [0.29, 0.717) is 16.8 Å². The van der Waals surface area contributed by atoms with Crippen LogP contribution in [-0.4, -0.2) is 15.9 Å². The van der Waals surface area contributed by atoms with Crippen molar-refractivity contribution >= 4 is 46.0 Å². The number of halogens is 2. The Labute approximate surface area is 158 Å². The van der Waals surface area contributed by atoms with E-state index in [0.717, 1.165) is 34.4 Å². The maximum atomic E-state index is 13.0. The number of carbonyl (C=O) groups excluding carboxylic acids is 1. The van der Waals surface area contributed by atoms with Gasteiger partial charge in [-0.3, -0.25) is 9.78 Å². The minimum atomic E-state index is -0.266. The number of pyridine rings is 2. The van der Waals surface area contributed by atoms with E-state index in [1.54, 1.807) is 12.3 Å². The summed E-state index contributed by atoms with van der Waals surface area (Å²) in [6.07, 6.45) is 4.08. The van der Waals surface area contributed by atoms with Crippen molar-refractivity contribution in [2.24, 2.45) is 0 Å². The highest BCUT2D eigenvalue weighted by Gasteiger charge is 2.38. The average Bonchev–Trinajstić information content (AvgIpc) is 3.22. The summed E-state index contributed by atoms with van der Waals surface area (Å²) in [5.74, 6) is -0.266. The SMILES string of the molecule is Cc1cc(-c2c(C(=O)Nc3cnc(Cl)c(Cl)c3)c3oc2c2c3C2)ccn1. The molecule has 0 aliphatic heterocycles. The molecule has 0 atom stereocenters. The van der Waals surface area contributed by atoms with Crippen LogP contribution in [0.1, 0.15) is 27.2 Å². The van der Waals surface area contributed by atoms with Crippen LogP contribution in [0.15, 0.2) is 35.0 Å². The monoisotopic (exact) mass is 383 g/mol. The molecule has 4 heterocycles. The zero-order chi connectivity index (χ0) is 18.0. The van der Waals surface area contributed by atoms with Crippen molar-refractivity contribution < 1.29 is 9.21 Å². The van der Waals surface area contributed by atoms with Gasteiger partial charge >= 0.3 is 0 Å². The number of nitrogens with one attached hydrogen (secondary N) is 1. The molecule has 0 spiro atoms. The molecule has 4 aromatic rings. The second-order valence-corrected chi connectivity index (χ2v) is 7.05. The highest BCUT2D eigenvalue weighted by molar-refractivity contribution is 6.41. The molecule has 0 saturated carbocycles. The third-order valence-corrected chi connectivity index (χ3v) is 5.20. The lowest BCUT2D eigenvalue weighted by atomic mass is 9.99. The van der Waals surface area contributed by atoms with Crippen molar-refractivity contribution in [3.8, 4) is 11.1 Å². The number of carbonyl (C=O) groups is 1. The molecular weight excluding hydrogens is 373 g/mol. The molecule has 1 amide bonds. The molecule has 1 N–H and O–H groups in total. The van der Waals surface area contributed by atoms with Crippen LogP contribution < -0.4 is 5.32 Å². The summed E-state index contributed by atoms with van der Waals surface area (Å²) in [6.45, 7) is 1.92. The Kier molecular flexibility index (Phi) is 3.26. The fourth-order valence-corrected chi connectivity index (χ4v) is 3.57. The predicted octanol–water partition coefficient (Wildman–Crippen LogP) is 5.10. The van der Waals surface area contributed by atoms with Crippen LogP contribution in [0, 0.1) is 6.92 Å². The predicted molar refractivity (Wildman–Crippen MR) is 100 cm³/mol. The van der Waals surface area contributed by atoms with Gasteiger partial charge in [0.1, 0.15) is 16.3 Å². The summed E-state index contributed by atoms with van der Waals surface area (Å²) >= 11 is 11.8. The van der Waals surface area contributed by atoms with Crippen LogP contribution in [0.5, 0.6) is 0 Å². The summed E-state index contributed by atoms with van der Waals surface area (Å²) < 4.78 is 5.90. The quantitative estimate of drug-likeness (QED) is 0.440. The highest BCUT2D eigenvalue weighted by Crippen LogP contribution is 2.50. The number of rotatable bonds is 3. The Morgan fingerprint density at radius 3 is 2.77 bits per heavy atom.